The summed E-state index contributed by atoms with van der Waals surface area (Å²) in [6.07, 6.45) is 7.86. The van der Waals surface area contributed by atoms with Crippen LogP contribution in [0.15, 0.2) is 0 Å². The molecule has 1 saturated carbocycles. The molecule has 0 aliphatic heterocycles. The highest BCUT2D eigenvalue weighted by Gasteiger charge is 2.54. The van der Waals surface area contributed by atoms with Gasteiger partial charge in [0, 0.05) is 18.4 Å². The van der Waals surface area contributed by atoms with Gasteiger partial charge in [0.1, 0.15) is 5.60 Å². The van der Waals surface area contributed by atoms with Crippen LogP contribution in [0.5, 0.6) is 0 Å². The first-order valence-corrected chi connectivity index (χ1v) is 7.53. The van der Waals surface area contributed by atoms with Crippen LogP contribution < -0.4 is 0 Å². The van der Waals surface area contributed by atoms with Crippen molar-refractivity contribution in [3.63, 3.8) is 0 Å². The van der Waals surface area contributed by atoms with E-state index in [1.54, 1.807) is 7.11 Å². The van der Waals surface area contributed by atoms with E-state index in [0.29, 0.717) is 5.78 Å². The predicted octanol–water partition coefficient (Wildman–Crippen LogP) is 4.37. The van der Waals surface area contributed by atoms with Gasteiger partial charge in [-0.2, -0.15) is 0 Å². The number of methoxy groups -OCH3 is 1. The van der Waals surface area contributed by atoms with E-state index in [1.165, 1.54) is 19.3 Å². The summed E-state index contributed by atoms with van der Waals surface area (Å²) in [7, 11) is 1.73. The first-order chi connectivity index (χ1) is 8.43. The largest absolute Gasteiger partial charge is 0.370 e. The fourth-order valence-corrected chi connectivity index (χ4v) is 3.62. The third-order valence-corrected chi connectivity index (χ3v) is 4.84. The zero-order valence-corrected chi connectivity index (χ0v) is 12.8. The van der Waals surface area contributed by atoms with E-state index in [2.05, 4.69) is 13.8 Å². The van der Waals surface area contributed by atoms with Crippen LogP contribution in [-0.4, -0.2) is 18.5 Å². The minimum Gasteiger partial charge on any atom is -0.370 e. The summed E-state index contributed by atoms with van der Waals surface area (Å²) in [5, 5.41) is 0. The maximum absolute atomic E-state index is 12.7. The summed E-state index contributed by atoms with van der Waals surface area (Å²) in [4.78, 5) is 12.7. The standard InChI is InChI=1S/C16H30O2/c1-6-7-10-15(4)11-8-9-12-16(15,18-5)14(17)13(2)3/h13H,6-12H2,1-5H3. The normalized spacial score (nSPS) is 32.8. The fourth-order valence-electron chi connectivity index (χ4n) is 3.62. The zero-order chi connectivity index (χ0) is 13.8. The summed E-state index contributed by atoms with van der Waals surface area (Å²) in [5.74, 6) is 0.368. The number of hydrogen-bond acceptors (Lipinski definition) is 2. The Kier molecular flexibility index (Phi) is 5.39. The van der Waals surface area contributed by atoms with Gasteiger partial charge in [-0.05, 0) is 19.3 Å². The van der Waals surface area contributed by atoms with Crippen LogP contribution in [0, 0.1) is 11.3 Å². The molecular formula is C16H30O2. The lowest BCUT2D eigenvalue weighted by Crippen LogP contribution is -2.57. The van der Waals surface area contributed by atoms with E-state index < -0.39 is 5.60 Å². The molecule has 1 aliphatic rings. The molecule has 0 spiro atoms. The van der Waals surface area contributed by atoms with Crippen LogP contribution in [0.4, 0.5) is 0 Å². The monoisotopic (exact) mass is 254 g/mol. The Balaban J connectivity index is 3.06. The fraction of sp³-hybridized carbons (Fsp3) is 0.938. The van der Waals surface area contributed by atoms with Gasteiger partial charge in [-0.1, -0.05) is 53.4 Å². The lowest BCUT2D eigenvalue weighted by Gasteiger charge is -2.51. The molecular weight excluding hydrogens is 224 g/mol. The molecule has 2 nitrogen and oxygen atoms in total. The maximum Gasteiger partial charge on any atom is 0.167 e. The molecule has 0 aromatic rings. The topological polar surface area (TPSA) is 26.3 Å². The second-order valence-corrected chi connectivity index (χ2v) is 6.42. The molecule has 0 aromatic heterocycles. The first kappa shape index (κ1) is 15.7. The van der Waals surface area contributed by atoms with Crippen molar-refractivity contribution in [1.82, 2.24) is 0 Å². The number of ketones is 1. The van der Waals surface area contributed by atoms with Crippen LogP contribution >= 0.6 is 0 Å². The lowest BCUT2D eigenvalue weighted by molar-refractivity contribution is -0.173. The van der Waals surface area contributed by atoms with E-state index in [4.69, 9.17) is 4.74 Å². The van der Waals surface area contributed by atoms with Crippen molar-refractivity contribution >= 4 is 5.78 Å². The van der Waals surface area contributed by atoms with Gasteiger partial charge < -0.3 is 4.74 Å². The molecule has 0 heterocycles. The summed E-state index contributed by atoms with van der Waals surface area (Å²) >= 11 is 0. The van der Waals surface area contributed by atoms with Crippen LogP contribution in [-0.2, 0) is 9.53 Å². The smallest absolute Gasteiger partial charge is 0.167 e. The summed E-state index contributed by atoms with van der Waals surface area (Å²) < 4.78 is 5.87. The van der Waals surface area contributed by atoms with E-state index in [1.807, 2.05) is 13.8 Å². The van der Waals surface area contributed by atoms with Gasteiger partial charge in [0.15, 0.2) is 5.78 Å². The Morgan fingerprint density at radius 2 is 1.89 bits per heavy atom. The van der Waals surface area contributed by atoms with Gasteiger partial charge in [-0.3, -0.25) is 4.79 Å². The number of carbonyl (C=O) groups is 1. The maximum atomic E-state index is 12.7. The van der Waals surface area contributed by atoms with Crippen molar-refractivity contribution in [2.24, 2.45) is 11.3 Å². The zero-order valence-electron chi connectivity index (χ0n) is 12.8. The van der Waals surface area contributed by atoms with E-state index in [9.17, 15) is 4.79 Å². The SMILES string of the molecule is CCCCC1(C)CCCCC1(OC)C(=O)C(C)C. The molecule has 0 saturated heterocycles. The number of Topliss-reactive ketones (excluding diaryl/α,β-unsaturated/α-hetero) is 1. The van der Waals surface area contributed by atoms with Crippen LogP contribution in [0.25, 0.3) is 0 Å². The van der Waals surface area contributed by atoms with Gasteiger partial charge in [0.05, 0.1) is 0 Å². The second kappa shape index (κ2) is 6.18. The van der Waals surface area contributed by atoms with E-state index >= 15 is 0 Å². The summed E-state index contributed by atoms with van der Waals surface area (Å²) in [5.41, 5.74) is -0.508. The molecule has 2 atom stereocenters. The van der Waals surface area contributed by atoms with Crippen LogP contribution in [0.2, 0.25) is 0 Å². The highest BCUT2D eigenvalue weighted by molar-refractivity contribution is 5.90. The van der Waals surface area contributed by atoms with Gasteiger partial charge in [-0.15, -0.1) is 0 Å². The number of unbranched alkanes of at least 4 members (excludes halogenated alkanes) is 1. The summed E-state index contributed by atoms with van der Waals surface area (Å²) in [6, 6.07) is 0. The van der Waals surface area contributed by atoms with E-state index in [0.717, 1.165) is 25.7 Å². The molecule has 1 rings (SSSR count). The molecule has 0 radical (unpaired) electrons. The van der Waals surface area contributed by atoms with Gasteiger partial charge in [0.25, 0.3) is 0 Å². The van der Waals surface area contributed by atoms with Crippen LogP contribution in [0.3, 0.4) is 0 Å². The minimum atomic E-state index is -0.533. The van der Waals surface area contributed by atoms with Crippen molar-refractivity contribution in [2.45, 2.75) is 78.2 Å². The molecule has 1 fully saturated rings. The van der Waals surface area contributed by atoms with Gasteiger partial charge in [0.2, 0.25) is 0 Å². The second-order valence-electron chi connectivity index (χ2n) is 6.42. The Bertz CT molecular complexity index is 285. The number of ether oxygens (including phenoxy) is 1. The predicted molar refractivity (Wildman–Crippen MR) is 75.7 cm³/mol. The number of rotatable bonds is 6. The Hall–Kier alpha value is -0.370. The molecule has 0 N–H and O–H groups in total. The van der Waals surface area contributed by atoms with E-state index in [-0.39, 0.29) is 11.3 Å². The van der Waals surface area contributed by atoms with Gasteiger partial charge >= 0.3 is 0 Å². The minimum absolute atomic E-state index is 0.0252. The first-order valence-electron chi connectivity index (χ1n) is 7.53. The molecule has 18 heavy (non-hydrogen) atoms. The summed E-state index contributed by atoms with van der Waals surface area (Å²) in [6.45, 7) is 8.48. The third-order valence-electron chi connectivity index (χ3n) is 4.84. The molecule has 106 valence electrons. The molecule has 1 aliphatic carbocycles. The molecule has 0 amide bonds. The van der Waals surface area contributed by atoms with Crippen LogP contribution in [0.1, 0.15) is 72.6 Å². The Morgan fingerprint density at radius 1 is 1.28 bits per heavy atom. The molecule has 2 unspecified atom stereocenters. The average molecular weight is 254 g/mol. The highest BCUT2D eigenvalue weighted by atomic mass is 16.5. The lowest BCUT2D eigenvalue weighted by atomic mass is 9.59. The number of hydrogen-bond donors (Lipinski definition) is 0. The third kappa shape index (κ3) is 2.64. The Labute approximate surface area is 112 Å². The molecule has 0 aromatic carbocycles. The average Bonchev–Trinajstić information content (AvgIpc) is 2.36. The van der Waals surface area contributed by atoms with Gasteiger partial charge in [-0.25, -0.2) is 0 Å². The van der Waals surface area contributed by atoms with Crippen molar-refractivity contribution in [1.29, 1.82) is 0 Å². The van der Waals surface area contributed by atoms with Crippen molar-refractivity contribution in [3.05, 3.63) is 0 Å². The van der Waals surface area contributed by atoms with Crippen molar-refractivity contribution in [3.8, 4) is 0 Å². The number of carbonyl (C=O) groups excluding carboxylic acids is 1. The Morgan fingerprint density at radius 3 is 2.39 bits per heavy atom. The highest BCUT2D eigenvalue weighted by Crippen LogP contribution is 2.50. The molecule has 2 heteroatoms. The molecule has 0 bridgehead atoms. The quantitative estimate of drug-likeness (QED) is 0.703. The van der Waals surface area contributed by atoms with Crippen molar-refractivity contribution in [2.75, 3.05) is 7.11 Å². The van der Waals surface area contributed by atoms with Crippen molar-refractivity contribution < 1.29 is 9.53 Å².